The molecule has 1 aliphatic rings. The van der Waals surface area contributed by atoms with Gasteiger partial charge in [-0.1, -0.05) is 24.3 Å². The third-order valence-electron chi connectivity index (χ3n) is 6.22. The van der Waals surface area contributed by atoms with Crippen LogP contribution in [0.15, 0.2) is 66.2 Å². The van der Waals surface area contributed by atoms with E-state index >= 15 is 0 Å². The molecular formula is C29H28N2O6. The van der Waals surface area contributed by atoms with Crippen molar-refractivity contribution in [3.05, 3.63) is 88.5 Å². The summed E-state index contributed by atoms with van der Waals surface area (Å²) in [6, 6.07) is 16.2. The smallest absolute Gasteiger partial charge is 0.300 e. The van der Waals surface area contributed by atoms with Crippen molar-refractivity contribution in [2.45, 2.75) is 26.8 Å². The van der Waals surface area contributed by atoms with Gasteiger partial charge in [-0.15, -0.1) is 0 Å². The lowest BCUT2D eigenvalue weighted by Crippen LogP contribution is -2.29. The maximum atomic E-state index is 13.5. The Kier molecular flexibility index (Phi) is 7.02. The first-order valence-corrected chi connectivity index (χ1v) is 11.6. The number of carbonyl (C=O) groups is 3. The maximum absolute atomic E-state index is 13.5. The molecular weight excluding hydrogens is 472 g/mol. The number of benzene rings is 3. The molecule has 0 aromatic heterocycles. The Morgan fingerprint density at radius 3 is 2.27 bits per heavy atom. The zero-order valence-corrected chi connectivity index (χ0v) is 21.3. The first-order valence-electron chi connectivity index (χ1n) is 11.6. The molecule has 0 bridgehead atoms. The molecule has 8 heteroatoms. The van der Waals surface area contributed by atoms with Crippen LogP contribution in [-0.4, -0.2) is 36.9 Å². The fourth-order valence-electron chi connectivity index (χ4n) is 4.74. The molecule has 0 spiro atoms. The Hall–Kier alpha value is -4.59. The number of ether oxygens (including phenoxy) is 2. The number of Topliss-reactive ketones (excluding diaryl/α,β-unsaturated/α-hetero) is 1. The maximum Gasteiger partial charge on any atom is 0.300 e. The molecule has 0 aliphatic carbocycles. The first kappa shape index (κ1) is 25.5. The minimum absolute atomic E-state index is 0.0799. The number of hydrogen-bond acceptors (Lipinski definition) is 6. The second kappa shape index (κ2) is 10.2. The van der Waals surface area contributed by atoms with Gasteiger partial charge in [0.15, 0.2) is 0 Å². The monoisotopic (exact) mass is 500 g/mol. The van der Waals surface area contributed by atoms with E-state index in [1.54, 1.807) is 54.6 Å². The average molecular weight is 501 g/mol. The van der Waals surface area contributed by atoms with E-state index in [4.69, 9.17) is 9.47 Å². The number of methoxy groups -OCH3 is 2. The number of nitrogens with one attached hydrogen (secondary N) is 1. The zero-order valence-electron chi connectivity index (χ0n) is 21.3. The third-order valence-corrected chi connectivity index (χ3v) is 6.22. The van der Waals surface area contributed by atoms with Gasteiger partial charge in [-0.05, 0) is 61.4 Å². The summed E-state index contributed by atoms with van der Waals surface area (Å²) in [6.45, 7) is 5.11. The van der Waals surface area contributed by atoms with Crippen molar-refractivity contribution in [1.29, 1.82) is 0 Å². The lowest BCUT2D eigenvalue weighted by molar-refractivity contribution is -0.132. The van der Waals surface area contributed by atoms with Crippen molar-refractivity contribution in [3.63, 3.8) is 0 Å². The van der Waals surface area contributed by atoms with Gasteiger partial charge in [0.05, 0.1) is 31.4 Å². The lowest BCUT2D eigenvalue weighted by Gasteiger charge is -2.27. The Bertz CT molecular complexity index is 1420. The largest absolute Gasteiger partial charge is 0.507 e. The summed E-state index contributed by atoms with van der Waals surface area (Å²) in [6.07, 6.45) is 0. The van der Waals surface area contributed by atoms with Crippen LogP contribution in [0.1, 0.15) is 35.2 Å². The second-order valence-electron chi connectivity index (χ2n) is 8.80. The minimum Gasteiger partial charge on any atom is -0.507 e. The van der Waals surface area contributed by atoms with E-state index in [9.17, 15) is 19.5 Å². The molecule has 37 heavy (non-hydrogen) atoms. The minimum atomic E-state index is -0.978. The van der Waals surface area contributed by atoms with Crippen LogP contribution in [0.3, 0.4) is 0 Å². The highest BCUT2D eigenvalue weighted by atomic mass is 16.5. The van der Waals surface area contributed by atoms with Crippen LogP contribution in [-0.2, 0) is 14.4 Å². The summed E-state index contributed by atoms with van der Waals surface area (Å²) in [5, 5.41) is 14.3. The number of nitrogens with zero attached hydrogens (tertiary/aromatic N) is 1. The lowest BCUT2D eigenvalue weighted by atomic mass is 9.93. The van der Waals surface area contributed by atoms with Gasteiger partial charge in [0.2, 0.25) is 5.91 Å². The van der Waals surface area contributed by atoms with E-state index in [1.807, 2.05) is 19.9 Å². The standard InChI is InChI=1S/C29H28N2O6/c1-16-14-17(2)28(37-5)22(15-16)26(33)24-25(21-8-6-7-9-23(21)36-4)31(29(35)27(24)34)20-12-10-19(11-13-20)30-18(3)32/h6-15,25,33H,1-5H3,(H,30,32)/b26-24+. The fourth-order valence-corrected chi connectivity index (χ4v) is 4.74. The van der Waals surface area contributed by atoms with Crippen LogP contribution in [0.5, 0.6) is 11.5 Å². The number of aliphatic hydroxyl groups excluding tert-OH is 1. The van der Waals surface area contributed by atoms with Gasteiger partial charge in [-0.2, -0.15) is 0 Å². The van der Waals surface area contributed by atoms with Crippen LogP contribution in [0.25, 0.3) is 5.76 Å². The Balaban J connectivity index is 1.98. The van der Waals surface area contributed by atoms with Crippen molar-refractivity contribution < 1.29 is 29.0 Å². The van der Waals surface area contributed by atoms with Gasteiger partial charge in [-0.25, -0.2) is 0 Å². The van der Waals surface area contributed by atoms with E-state index < -0.39 is 17.7 Å². The Labute approximate surface area is 215 Å². The molecule has 0 radical (unpaired) electrons. The average Bonchev–Trinajstić information content (AvgIpc) is 3.13. The van der Waals surface area contributed by atoms with E-state index in [-0.39, 0.29) is 17.2 Å². The van der Waals surface area contributed by atoms with Crippen LogP contribution >= 0.6 is 0 Å². The van der Waals surface area contributed by atoms with E-state index in [2.05, 4.69) is 5.32 Å². The van der Waals surface area contributed by atoms with Gasteiger partial charge in [0.1, 0.15) is 17.3 Å². The quantitative estimate of drug-likeness (QED) is 0.283. The van der Waals surface area contributed by atoms with Crippen LogP contribution in [0, 0.1) is 13.8 Å². The number of aliphatic hydroxyl groups is 1. The SMILES string of the molecule is COc1ccccc1C1/C(=C(\O)c2cc(C)cc(C)c2OC)C(=O)C(=O)N1c1ccc(NC(C)=O)cc1. The molecule has 8 nitrogen and oxygen atoms in total. The predicted molar refractivity (Wildman–Crippen MR) is 141 cm³/mol. The number of rotatable bonds is 6. The van der Waals surface area contributed by atoms with Gasteiger partial charge in [-0.3, -0.25) is 19.3 Å². The summed E-state index contributed by atoms with van der Waals surface area (Å²) in [5.41, 5.74) is 3.36. The van der Waals surface area contributed by atoms with Crippen LogP contribution in [0.4, 0.5) is 11.4 Å². The highest BCUT2D eigenvalue weighted by Crippen LogP contribution is 2.46. The molecule has 190 valence electrons. The summed E-state index contributed by atoms with van der Waals surface area (Å²) in [4.78, 5) is 39.8. The molecule has 3 aromatic carbocycles. The van der Waals surface area contributed by atoms with Crippen molar-refractivity contribution in [1.82, 2.24) is 0 Å². The number of amides is 2. The van der Waals surface area contributed by atoms with E-state index in [0.717, 1.165) is 11.1 Å². The summed E-state index contributed by atoms with van der Waals surface area (Å²) in [5.74, 6) is -1.34. The summed E-state index contributed by atoms with van der Waals surface area (Å²) in [7, 11) is 2.99. The highest BCUT2D eigenvalue weighted by molar-refractivity contribution is 6.51. The van der Waals surface area contributed by atoms with Gasteiger partial charge < -0.3 is 19.9 Å². The van der Waals surface area contributed by atoms with Gasteiger partial charge in [0.25, 0.3) is 11.7 Å². The van der Waals surface area contributed by atoms with Gasteiger partial charge >= 0.3 is 0 Å². The molecule has 2 N–H and O–H groups in total. The third kappa shape index (κ3) is 4.65. The second-order valence-corrected chi connectivity index (χ2v) is 8.80. The van der Waals surface area contributed by atoms with Crippen molar-refractivity contribution in [2.75, 3.05) is 24.4 Å². The molecule has 4 rings (SSSR count). The van der Waals surface area contributed by atoms with E-state index in [0.29, 0.717) is 34.0 Å². The van der Waals surface area contributed by atoms with Crippen molar-refractivity contribution in [3.8, 4) is 11.5 Å². The zero-order chi connectivity index (χ0) is 26.9. The van der Waals surface area contributed by atoms with Crippen molar-refractivity contribution in [2.24, 2.45) is 0 Å². The molecule has 0 saturated carbocycles. The number of hydrogen-bond donors (Lipinski definition) is 2. The molecule has 3 aromatic rings. The summed E-state index contributed by atoms with van der Waals surface area (Å²) >= 11 is 0. The highest BCUT2D eigenvalue weighted by Gasteiger charge is 2.48. The molecule has 2 amide bonds. The molecule has 1 saturated heterocycles. The topological polar surface area (TPSA) is 105 Å². The van der Waals surface area contributed by atoms with Gasteiger partial charge in [0, 0.05) is 23.9 Å². The number of para-hydroxylation sites is 1. The normalized spacial score (nSPS) is 16.6. The number of anilines is 2. The van der Waals surface area contributed by atoms with E-state index in [1.165, 1.54) is 26.0 Å². The molecule has 1 heterocycles. The molecule has 1 fully saturated rings. The molecule has 1 aliphatic heterocycles. The van der Waals surface area contributed by atoms with Crippen LogP contribution in [0.2, 0.25) is 0 Å². The van der Waals surface area contributed by atoms with Crippen LogP contribution < -0.4 is 19.7 Å². The first-order chi connectivity index (χ1) is 17.7. The summed E-state index contributed by atoms with van der Waals surface area (Å²) < 4.78 is 11.1. The predicted octanol–water partition coefficient (Wildman–Crippen LogP) is 4.91. The van der Waals surface area contributed by atoms with Crippen molar-refractivity contribution >= 4 is 34.7 Å². The fraction of sp³-hybridized carbons (Fsp3) is 0.207. The number of aryl methyl sites for hydroxylation is 2. The molecule has 1 atom stereocenters. The Morgan fingerprint density at radius 2 is 1.65 bits per heavy atom. The molecule has 1 unspecified atom stereocenters. The number of ketones is 1. The Morgan fingerprint density at radius 1 is 0.973 bits per heavy atom. The number of carbonyl (C=O) groups excluding carboxylic acids is 3.